The summed E-state index contributed by atoms with van der Waals surface area (Å²) < 4.78 is 5.40. The maximum atomic E-state index is 11.2. The molecule has 0 aromatic carbocycles. The van der Waals surface area contributed by atoms with E-state index in [1.165, 1.54) is 6.42 Å². The summed E-state index contributed by atoms with van der Waals surface area (Å²) in [6.45, 7) is 7.16. The number of ether oxygens (including phenoxy) is 1. The minimum Gasteiger partial charge on any atom is -0.380 e. The van der Waals surface area contributed by atoms with E-state index in [0.717, 1.165) is 45.2 Å². The summed E-state index contributed by atoms with van der Waals surface area (Å²) >= 11 is 0. The van der Waals surface area contributed by atoms with Gasteiger partial charge in [-0.1, -0.05) is 20.3 Å². The van der Waals surface area contributed by atoms with Crippen molar-refractivity contribution in [3.63, 3.8) is 0 Å². The Balaban J connectivity index is 2.47. The molecule has 0 aliphatic carbocycles. The van der Waals surface area contributed by atoms with Crippen LogP contribution in [0.3, 0.4) is 0 Å². The second-order valence-electron chi connectivity index (χ2n) is 5.26. The maximum Gasteiger partial charge on any atom is 0.127 e. The number of nitrogens with zero attached hydrogens (tertiary/aromatic N) is 1. The molecule has 1 aliphatic heterocycles. The molecule has 2 unspecified atom stereocenters. The van der Waals surface area contributed by atoms with Gasteiger partial charge in [-0.25, -0.2) is 0 Å². The normalized spacial score (nSPS) is 26.3. The Hall–Kier alpha value is -0.410. The fraction of sp³-hybridized carbons (Fsp3) is 0.923. The van der Waals surface area contributed by atoms with E-state index in [4.69, 9.17) is 4.74 Å². The molecule has 1 rings (SSSR count). The van der Waals surface area contributed by atoms with Crippen LogP contribution < -0.4 is 0 Å². The lowest BCUT2D eigenvalue weighted by molar-refractivity contribution is -0.117. The van der Waals surface area contributed by atoms with Crippen molar-refractivity contribution in [3.8, 4) is 0 Å². The van der Waals surface area contributed by atoms with Gasteiger partial charge < -0.3 is 9.53 Å². The number of rotatable bonds is 6. The molecular formula is C13H25NO2. The fourth-order valence-corrected chi connectivity index (χ4v) is 2.61. The summed E-state index contributed by atoms with van der Waals surface area (Å²) in [6, 6.07) is 0. The van der Waals surface area contributed by atoms with Crippen LogP contribution in [0.4, 0.5) is 0 Å². The lowest BCUT2D eigenvalue weighted by atomic mass is 9.86. The molecular weight excluding hydrogens is 202 g/mol. The number of likely N-dealkylation sites (tertiary alicyclic amines) is 1. The van der Waals surface area contributed by atoms with E-state index in [2.05, 4.69) is 18.7 Å². The third-order valence-corrected chi connectivity index (χ3v) is 3.49. The number of aldehydes is 1. The van der Waals surface area contributed by atoms with Gasteiger partial charge in [0.15, 0.2) is 0 Å². The van der Waals surface area contributed by atoms with Crippen molar-refractivity contribution in [1.82, 2.24) is 4.90 Å². The van der Waals surface area contributed by atoms with Crippen LogP contribution in [-0.4, -0.2) is 44.0 Å². The van der Waals surface area contributed by atoms with Crippen molar-refractivity contribution in [3.05, 3.63) is 0 Å². The standard InChI is InChI=1S/C13H25NO2/c1-4-7-13(2,11-15)10-14-8-5-6-12(9-14)16-3/h11-12H,4-10H2,1-3H3. The molecule has 3 nitrogen and oxygen atoms in total. The van der Waals surface area contributed by atoms with E-state index < -0.39 is 0 Å². The Kier molecular flexibility index (Phi) is 5.42. The van der Waals surface area contributed by atoms with Crippen molar-refractivity contribution in [2.24, 2.45) is 5.41 Å². The number of hydrogen-bond acceptors (Lipinski definition) is 3. The lowest BCUT2D eigenvalue weighted by Gasteiger charge is -2.36. The van der Waals surface area contributed by atoms with Gasteiger partial charge in [-0.2, -0.15) is 0 Å². The van der Waals surface area contributed by atoms with Gasteiger partial charge in [0.25, 0.3) is 0 Å². The molecule has 0 N–H and O–H groups in total. The van der Waals surface area contributed by atoms with Gasteiger partial charge in [-0.15, -0.1) is 0 Å². The molecule has 0 bridgehead atoms. The van der Waals surface area contributed by atoms with Crippen LogP contribution in [0.5, 0.6) is 0 Å². The van der Waals surface area contributed by atoms with Gasteiger partial charge >= 0.3 is 0 Å². The first-order valence-corrected chi connectivity index (χ1v) is 6.35. The second-order valence-corrected chi connectivity index (χ2v) is 5.26. The molecule has 0 saturated carbocycles. The highest BCUT2D eigenvalue weighted by Gasteiger charge is 2.28. The van der Waals surface area contributed by atoms with E-state index in [9.17, 15) is 4.79 Å². The molecule has 0 spiro atoms. The first-order chi connectivity index (χ1) is 7.63. The first-order valence-electron chi connectivity index (χ1n) is 6.35. The number of methoxy groups -OCH3 is 1. The SMILES string of the molecule is CCCC(C)(C=O)CN1CCCC(OC)C1. The zero-order valence-corrected chi connectivity index (χ0v) is 10.9. The smallest absolute Gasteiger partial charge is 0.127 e. The summed E-state index contributed by atoms with van der Waals surface area (Å²) in [5.41, 5.74) is -0.176. The first kappa shape index (κ1) is 13.7. The van der Waals surface area contributed by atoms with E-state index in [0.29, 0.717) is 6.10 Å². The summed E-state index contributed by atoms with van der Waals surface area (Å²) in [7, 11) is 1.78. The van der Waals surface area contributed by atoms with Crippen molar-refractivity contribution < 1.29 is 9.53 Å². The number of carbonyl (C=O) groups excluding carboxylic acids is 1. The van der Waals surface area contributed by atoms with E-state index in [1.54, 1.807) is 7.11 Å². The third kappa shape index (κ3) is 3.87. The van der Waals surface area contributed by atoms with Crippen LogP contribution in [0, 0.1) is 5.41 Å². The van der Waals surface area contributed by atoms with E-state index in [1.807, 2.05) is 0 Å². The summed E-state index contributed by atoms with van der Waals surface area (Å²) in [5.74, 6) is 0. The minimum atomic E-state index is -0.176. The molecule has 1 aliphatic rings. The molecule has 0 aromatic heterocycles. The molecule has 94 valence electrons. The Bertz CT molecular complexity index is 220. The molecule has 16 heavy (non-hydrogen) atoms. The van der Waals surface area contributed by atoms with Crippen molar-refractivity contribution in [2.75, 3.05) is 26.7 Å². The largest absolute Gasteiger partial charge is 0.380 e. The van der Waals surface area contributed by atoms with Crippen LogP contribution >= 0.6 is 0 Å². The topological polar surface area (TPSA) is 29.5 Å². The summed E-state index contributed by atoms with van der Waals surface area (Å²) in [6.07, 6.45) is 5.86. The van der Waals surface area contributed by atoms with Crippen molar-refractivity contribution in [2.45, 2.75) is 45.6 Å². The number of hydrogen-bond donors (Lipinski definition) is 0. The van der Waals surface area contributed by atoms with Gasteiger partial charge in [0.05, 0.1) is 6.10 Å². The number of carbonyl (C=O) groups is 1. The summed E-state index contributed by atoms with van der Waals surface area (Å²) in [4.78, 5) is 13.6. The minimum absolute atomic E-state index is 0.176. The molecule has 3 heteroatoms. The van der Waals surface area contributed by atoms with Gasteiger partial charge in [-0.3, -0.25) is 4.90 Å². The van der Waals surface area contributed by atoms with Gasteiger partial charge in [0.2, 0.25) is 0 Å². The van der Waals surface area contributed by atoms with Gasteiger partial charge in [0.1, 0.15) is 6.29 Å². The van der Waals surface area contributed by atoms with Gasteiger partial charge in [0, 0.05) is 25.6 Å². The fourth-order valence-electron chi connectivity index (χ4n) is 2.61. The zero-order valence-electron chi connectivity index (χ0n) is 10.9. The Morgan fingerprint density at radius 2 is 2.31 bits per heavy atom. The van der Waals surface area contributed by atoms with Crippen molar-refractivity contribution in [1.29, 1.82) is 0 Å². The maximum absolute atomic E-state index is 11.2. The van der Waals surface area contributed by atoms with Crippen molar-refractivity contribution >= 4 is 6.29 Å². The molecule has 1 fully saturated rings. The van der Waals surface area contributed by atoms with Crippen LogP contribution in [0.1, 0.15) is 39.5 Å². The average Bonchev–Trinajstić information content (AvgIpc) is 2.29. The predicted molar refractivity (Wildman–Crippen MR) is 65.6 cm³/mol. The quantitative estimate of drug-likeness (QED) is 0.651. The number of piperidine rings is 1. The molecule has 0 amide bonds. The Morgan fingerprint density at radius 1 is 1.56 bits per heavy atom. The molecule has 0 radical (unpaired) electrons. The highest BCUT2D eigenvalue weighted by Crippen LogP contribution is 2.24. The molecule has 1 heterocycles. The third-order valence-electron chi connectivity index (χ3n) is 3.49. The van der Waals surface area contributed by atoms with Crippen LogP contribution in [-0.2, 0) is 9.53 Å². The van der Waals surface area contributed by atoms with Crippen LogP contribution in [0.2, 0.25) is 0 Å². The predicted octanol–water partition coefficient (Wildman–Crippen LogP) is 2.10. The molecule has 0 aromatic rings. The lowest BCUT2D eigenvalue weighted by Crippen LogP contribution is -2.45. The second kappa shape index (κ2) is 6.36. The van der Waals surface area contributed by atoms with Gasteiger partial charge in [-0.05, 0) is 25.8 Å². The monoisotopic (exact) mass is 227 g/mol. The Labute approximate surface area is 99.1 Å². The Morgan fingerprint density at radius 3 is 2.88 bits per heavy atom. The highest BCUT2D eigenvalue weighted by atomic mass is 16.5. The molecule has 2 atom stereocenters. The average molecular weight is 227 g/mol. The van der Waals surface area contributed by atoms with Crippen LogP contribution in [0.15, 0.2) is 0 Å². The zero-order chi connectivity index (χ0) is 12.0. The molecule has 1 saturated heterocycles. The van der Waals surface area contributed by atoms with Crippen LogP contribution in [0.25, 0.3) is 0 Å². The van der Waals surface area contributed by atoms with E-state index in [-0.39, 0.29) is 5.41 Å². The van der Waals surface area contributed by atoms with E-state index >= 15 is 0 Å². The summed E-state index contributed by atoms with van der Waals surface area (Å²) in [5, 5.41) is 0. The highest BCUT2D eigenvalue weighted by molar-refractivity contribution is 5.59.